The van der Waals surface area contributed by atoms with E-state index in [9.17, 15) is 68.1 Å². The molecule has 23 nitrogen and oxygen atoms in total. The number of rotatable bonds is 39. The molecule has 0 aliphatic heterocycles. The zero-order valence-electron chi connectivity index (χ0n) is 40.7. The first-order valence-electron chi connectivity index (χ1n) is 23.9. The lowest BCUT2D eigenvalue weighted by Gasteiger charge is -2.23. The van der Waals surface area contributed by atoms with Crippen LogP contribution in [0.5, 0.6) is 0 Å². The van der Waals surface area contributed by atoms with Crippen LogP contribution in [0.1, 0.15) is 101 Å². The van der Waals surface area contributed by atoms with Crippen molar-refractivity contribution in [2.75, 3.05) is 12.3 Å². The Morgan fingerprint density at radius 2 is 1.16 bits per heavy atom. The molecule has 0 fully saturated rings. The number of carboxylic acids is 4. The number of nitrogens with two attached hydrogens (primary N) is 1. The van der Waals surface area contributed by atoms with Crippen LogP contribution in [0.3, 0.4) is 0 Å². The summed E-state index contributed by atoms with van der Waals surface area (Å²) in [6, 6.07) is 10.9. The summed E-state index contributed by atoms with van der Waals surface area (Å²) in [5.74, 6) is -10.4. The van der Waals surface area contributed by atoms with Gasteiger partial charge in [0, 0.05) is 50.3 Å². The van der Waals surface area contributed by atoms with Gasteiger partial charge in [0.15, 0.2) is 17.1 Å². The van der Waals surface area contributed by atoms with Crippen molar-refractivity contribution in [3.05, 3.63) is 71.8 Å². The lowest BCUT2D eigenvalue weighted by molar-refractivity contribution is -0.143. The van der Waals surface area contributed by atoms with Crippen molar-refractivity contribution >= 4 is 95.5 Å². The molecule has 0 saturated heterocycles. The Kier molecular flexibility index (Phi) is 30.0. The molecule has 0 saturated carbocycles. The first-order chi connectivity index (χ1) is 35.2. The molecule has 0 unspecified atom stereocenters. The van der Waals surface area contributed by atoms with Gasteiger partial charge in [-0.3, -0.25) is 43.2 Å². The number of amides is 4. The zero-order chi connectivity index (χ0) is 55.0. The molecule has 2 aromatic carbocycles. The molecule has 12 N–H and O–H groups in total. The lowest BCUT2D eigenvalue weighted by Crippen LogP contribution is -2.57. The molecular formula is C49H67N7O16S2. The molecule has 0 heterocycles. The average molecular weight is 1070 g/mol. The van der Waals surface area contributed by atoms with Crippen LogP contribution in [-0.4, -0.2) is 140 Å². The van der Waals surface area contributed by atoms with E-state index in [-0.39, 0.29) is 86.8 Å². The van der Waals surface area contributed by atoms with Gasteiger partial charge in [-0.15, -0.1) is 0 Å². The third kappa shape index (κ3) is 26.6. The minimum atomic E-state index is -1.71. The minimum Gasteiger partial charge on any atom is -0.481 e. The Labute approximate surface area is 438 Å². The molecule has 0 spiro atoms. The Hall–Kier alpha value is -6.99. The summed E-state index contributed by atoms with van der Waals surface area (Å²) in [5.41, 5.74) is 7.51. The number of hydrogen-bond acceptors (Lipinski definition) is 15. The summed E-state index contributed by atoms with van der Waals surface area (Å²) in [4.78, 5) is 136. The van der Waals surface area contributed by atoms with E-state index in [1.165, 1.54) is 0 Å². The Balaban J connectivity index is 1.95. The van der Waals surface area contributed by atoms with Gasteiger partial charge in [-0.2, -0.15) is 12.6 Å². The molecule has 0 aliphatic rings. The van der Waals surface area contributed by atoms with Crippen molar-refractivity contribution in [2.45, 2.75) is 139 Å². The maximum absolute atomic E-state index is 14.1. The summed E-state index contributed by atoms with van der Waals surface area (Å²) in [5, 5.41) is 51.7. The second-order valence-electron chi connectivity index (χ2n) is 17.3. The SMILES string of the molecule is N[C@@H](CNC(=O)[C@@H](CC(=O)[C@H](Cc1ccccc1)NC(=O)CCCCCCCCC(=O)CC[C@H](NC(=S)N[C@@H](CCC(=O)O)OC=O)C(=O)O)Cc1ccccc1)C(=O)N[C@@H](CC(=O)O)C(=O)N[C@@H](CS)C(=O)O. The van der Waals surface area contributed by atoms with Crippen LogP contribution < -0.4 is 37.6 Å². The number of Topliss-reactive ketones (excluding diaryl/α,β-unsaturated/α-hetero) is 2. The van der Waals surface area contributed by atoms with Gasteiger partial charge in [-0.1, -0.05) is 86.3 Å². The van der Waals surface area contributed by atoms with Crippen molar-refractivity contribution < 1.29 is 77.9 Å². The number of aliphatic carboxylic acids is 4. The van der Waals surface area contributed by atoms with Gasteiger partial charge in [0.1, 0.15) is 30.0 Å². The molecule has 0 aliphatic carbocycles. The molecule has 406 valence electrons. The summed E-state index contributed by atoms with van der Waals surface area (Å²) < 4.78 is 4.75. The standard InChI is InChI=1S/C49H67N7O16S2/c50-34(45(66)53-37(26-43(63)64)46(67)54-38(28-73)48(70)71)27-51-44(65)32(23-30-13-7-5-8-14-30)25-39(59)36(24-31-15-9-6-10-16-31)52-40(60)18-12-4-2-1-3-11-17-33(58)19-20-35(47(68)69)55-49(74)56-41(72-29-57)21-22-42(61)62/h5-10,13-16,29,32,34-38,41,73H,1-4,11-12,17-28,50H2,(H,51,65)(H,52,60)(H,53,66)(H,54,67)(H,61,62)(H,63,64)(H,68,69)(H,70,71)(H2,55,56,74)/t32-,34+,35+,36+,37+,38+,41-/m1/s1. The Morgan fingerprint density at radius 1 is 0.595 bits per heavy atom. The number of benzene rings is 2. The van der Waals surface area contributed by atoms with Gasteiger partial charge >= 0.3 is 23.9 Å². The second-order valence-corrected chi connectivity index (χ2v) is 18.1. The van der Waals surface area contributed by atoms with Gasteiger partial charge in [0.05, 0.1) is 18.9 Å². The second kappa shape index (κ2) is 35.2. The number of thiol groups is 1. The van der Waals surface area contributed by atoms with Gasteiger partial charge in [0.2, 0.25) is 23.6 Å². The largest absolute Gasteiger partial charge is 0.481 e. The van der Waals surface area contributed by atoms with E-state index in [4.69, 9.17) is 27.8 Å². The van der Waals surface area contributed by atoms with E-state index in [1.807, 2.05) is 0 Å². The number of thiocarbonyl (C=S) groups is 1. The number of carbonyl (C=O) groups excluding carboxylic acids is 7. The number of unbranched alkanes of at least 4 members (excludes halogenated alkanes) is 5. The van der Waals surface area contributed by atoms with Crippen LogP contribution in [0.25, 0.3) is 0 Å². The lowest BCUT2D eigenvalue weighted by atomic mass is 9.89. The quantitative estimate of drug-likeness (QED) is 0.0147. The number of carbonyl (C=O) groups is 11. The highest BCUT2D eigenvalue weighted by Crippen LogP contribution is 2.18. The molecule has 2 rings (SSSR count). The predicted octanol–water partition coefficient (Wildman–Crippen LogP) is 1.19. The van der Waals surface area contributed by atoms with Crippen molar-refractivity contribution in [2.24, 2.45) is 11.7 Å². The van der Waals surface area contributed by atoms with Gasteiger partial charge in [-0.05, 0) is 55.4 Å². The summed E-state index contributed by atoms with van der Waals surface area (Å²) in [6.45, 7) is -0.386. The normalized spacial score (nSPS) is 13.6. The molecule has 4 amide bonds. The Morgan fingerprint density at radius 3 is 1.72 bits per heavy atom. The summed E-state index contributed by atoms with van der Waals surface area (Å²) in [7, 11) is 0. The van der Waals surface area contributed by atoms with E-state index >= 15 is 0 Å². The van der Waals surface area contributed by atoms with Crippen molar-refractivity contribution in [3.63, 3.8) is 0 Å². The highest BCUT2D eigenvalue weighted by molar-refractivity contribution is 7.80. The Bertz CT molecular complexity index is 2210. The highest BCUT2D eigenvalue weighted by atomic mass is 32.1. The van der Waals surface area contributed by atoms with E-state index in [0.717, 1.165) is 18.4 Å². The molecule has 25 heteroatoms. The number of nitrogens with one attached hydrogen (secondary N) is 6. The number of carboxylic acid groups (broad SMARTS) is 4. The third-order valence-electron chi connectivity index (χ3n) is 11.3. The minimum absolute atomic E-state index is 0.0419. The van der Waals surface area contributed by atoms with Crippen molar-refractivity contribution in [3.8, 4) is 0 Å². The number of ketones is 2. The van der Waals surface area contributed by atoms with E-state index in [1.54, 1.807) is 60.7 Å². The monoisotopic (exact) mass is 1070 g/mol. The topological polar surface area (TPSA) is 376 Å². The maximum Gasteiger partial charge on any atom is 0.327 e. The number of hydrogen-bond donors (Lipinski definition) is 12. The van der Waals surface area contributed by atoms with E-state index < -0.39 is 103 Å². The molecule has 0 radical (unpaired) electrons. The smallest absolute Gasteiger partial charge is 0.327 e. The first kappa shape index (κ1) is 63.1. The average Bonchev–Trinajstić information content (AvgIpc) is 3.35. The fourth-order valence-corrected chi connectivity index (χ4v) is 7.84. The molecule has 2 aromatic rings. The molecular weight excluding hydrogens is 1010 g/mol. The fourth-order valence-electron chi connectivity index (χ4n) is 7.32. The van der Waals surface area contributed by atoms with Crippen LogP contribution in [0.4, 0.5) is 0 Å². The third-order valence-corrected chi connectivity index (χ3v) is 11.9. The van der Waals surface area contributed by atoms with Gasteiger partial charge in [0.25, 0.3) is 6.47 Å². The molecule has 7 atom stereocenters. The maximum atomic E-state index is 14.1. The highest BCUT2D eigenvalue weighted by Gasteiger charge is 2.32. The number of ether oxygens (including phenoxy) is 1. The van der Waals surface area contributed by atoms with Crippen LogP contribution in [0.15, 0.2) is 60.7 Å². The van der Waals surface area contributed by atoms with E-state index in [0.29, 0.717) is 31.2 Å². The van der Waals surface area contributed by atoms with Crippen molar-refractivity contribution in [1.82, 2.24) is 31.9 Å². The zero-order valence-corrected chi connectivity index (χ0v) is 42.5. The van der Waals surface area contributed by atoms with Crippen LogP contribution >= 0.6 is 24.8 Å². The van der Waals surface area contributed by atoms with Crippen LogP contribution in [-0.2, 0) is 70.3 Å². The van der Waals surface area contributed by atoms with Gasteiger partial charge in [-0.25, -0.2) is 9.59 Å². The summed E-state index contributed by atoms with van der Waals surface area (Å²) >= 11 is 8.94. The molecule has 74 heavy (non-hydrogen) atoms. The predicted molar refractivity (Wildman–Crippen MR) is 273 cm³/mol. The van der Waals surface area contributed by atoms with Crippen LogP contribution in [0.2, 0.25) is 0 Å². The summed E-state index contributed by atoms with van der Waals surface area (Å²) in [6.07, 6.45) is 1.66. The van der Waals surface area contributed by atoms with Crippen LogP contribution in [0, 0.1) is 5.92 Å². The van der Waals surface area contributed by atoms with Gasteiger partial charge < -0.3 is 62.8 Å². The molecule has 0 aromatic heterocycles. The fraction of sp³-hybridized carbons (Fsp3) is 0.510. The first-order valence-corrected chi connectivity index (χ1v) is 25.0. The molecule has 0 bridgehead atoms. The van der Waals surface area contributed by atoms with E-state index in [2.05, 4.69) is 44.5 Å². The van der Waals surface area contributed by atoms with Crippen molar-refractivity contribution in [1.29, 1.82) is 0 Å².